The largest absolute Gasteiger partial charge is 0.462 e. The standard InChI is InChI=1S/C51H86O12S/c1-3-5-7-9-11-13-15-17-19-21-22-24-26-28-30-32-34-36-38-40-47(53)62-44(42-61-51-50(56)49(55)48(54)45(63-51)43-64(57,58)59)41-60-46(52)39-37-35-33-31-29-27-25-23-20-18-16-14-12-10-8-6-4-2/h5,7,11,13,17,19,22,24,28,30,34,36,44-45,48-51,54-56H,3-4,6,8-10,12,14-16,18,20-21,23,25-27,29,31-33,35,37-43H2,1-2H3,(H,57,58,59)/b7-5+,13-11+,19-17+,24-22+,30-28+,36-34+/t44-,45-,48-,49?,50?,51+/m1/s1. The molecule has 2 unspecified atom stereocenters. The lowest BCUT2D eigenvalue weighted by atomic mass is 10.00. The maximum absolute atomic E-state index is 12.8. The molecular formula is C51H86O12S. The SMILES string of the molecule is CC/C=C/C/C=C/C/C=C/C/C=C/C/C=C/C/C=C/CCC(=O)O[C@H](COC(=O)CCCCCCCCCCCCCCCCCCC)CO[C@H]1O[C@H](CS(=O)(=O)O)[C@@H](O)C(O)C1O. The molecular weight excluding hydrogens is 837 g/mol. The molecule has 0 aromatic rings. The Kier molecular flexibility index (Phi) is 37.3. The molecule has 1 rings (SSSR count). The van der Waals surface area contributed by atoms with Gasteiger partial charge in [-0.25, -0.2) is 0 Å². The molecule has 1 fully saturated rings. The number of ether oxygens (including phenoxy) is 4. The van der Waals surface area contributed by atoms with E-state index in [-0.39, 0.29) is 19.4 Å². The Labute approximate surface area is 387 Å². The fraction of sp³-hybridized carbons (Fsp3) is 0.725. The molecule has 0 aromatic carbocycles. The van der Waals surface area contributed by atoms with E-state index < -0.39 is 71.2 Å². The topological polar surface area (TPSA) is 186 Å². The molecule has 368 valence electrons. The Hall–Kier alpha value is -2.91. The summed E-state index contributed by atoms with van der Waals surface area (Å²) < 4.78 is 54.1. The van der Waals surface area contributed by atoms with Crippen LogP contribution in [0.5, 0.6) is 0 Å². The van der Waals surface area contributed by atoms with Crippen molar-refractivity contribution in [2.45, 2.75) is 218 Å². The Bertz CT molecular complexity index is 1450. The maximum atomic E-state index is 12.8. The van der Waals surface area contributed by atoms with E-state index in [9.17, 15) is 37.9 Å². The van der Waals surface area contributed by atoms with Gasteiger partial charge >= 0.3 is 11.9 Å². The van der Waals surface area contributed by atoms with Crippen LogP contribution in [-0.4, -0.2) is 96.0 Å². The van der Waals surface area contributed by atoms with Crippen molar-refractivity contribution in [2.24, 2.45) is 0 Å². The van der Waals surface area contributed by atoms with E-state index in [1.165, 1.54) is 83.5 Å². The second-order valence-corrected chi connectivity index (χ2v) is 18.2. The molecule has 0 aromatic heterocycles. The molecule has 4 N–H and O–H groups in total. The van der Waals surface area contributed by atoms with Crippen LogP contribution in [0.1, 0.15) is 181 Å². The number of allylic oxidation sites excluding steroid dienone is 12. The van der Waals surface area contributed by atoms with Gasteiger partial charge in [0.25, 0.3) is 10.1 Å². The second-order valence-electron chi connectivity index (χ2n) is 16.8. The third-order valence-corrected chi connectivity index (χ3v) is 11.6. The van der Waals surface area contributed by atoms with Gasteiger partial charge < -0.3 is 34.3 Å². The number of hydrogen-bond donors (Lipinski definition) is 4. The van der Waals surface area contributed by atoms with E-state index in [0.717, 1.165) is 51.4 Å². The predicted octanol–water partition coefficient (Wildman–Crippen LogP) is 10.7. The van der Waals surface area contributed by atoms with Gasteiger partial charge in [0.05, 0.1) is 6.61 Å². The zero-order valence-corrected chi connectivity index (χ0v) is 40.2. The number of rotatable bonds is 40. The molecule has 6 atom stereocenters. The van der Waals surface area contributed by atoms with Crippen molar-refractivity contribution >= 4 is 22.1 Å². The van der Waals surface area contributed by atoms with Crippen LogP contribution in [0.15, 0.2) is 72.9 Å². The van der Waals surface area contributed by atoms with Crippen LogP contribution in [-0.2, 0) is 38.7 Å². The zero-order valence-electron chi connectivity index (χ0n) is 39.4. The predicted molar refractivity (Wildman–Crippen MR) is 256 cm³/mol. The smallest absolute Gasteiger partial charge is 0.306 e. The summed E-state index contributed by atoms with van der Waals surface area (Å²) in [5.41, 5.74) is 0. The van der Waals surface area contributed by atoms with Crippen LogP contribution in [0.4, 0.5) is 0 Å². The van der Waals surface area contributed by atoms with Crippen LogP contribution in [0.3, 0.4) is 0 Å². The van der Waals surface area contributed by atoms with Crippen molar-refractivity contribution in [1.82, 2.24) is 0 Å². The monoisotopic (exact) mass is 923 g/mol. The van der Waals surface area contributed by atoms with Crippen molar-refractivity contribution in [3.63, 3.8) is 0 Å². The number of carbonyl (C=O) groups excluding carboxylic acids is 2. The number of aliphatic hydroxyl groups is 3. The average molecular weight is 923 g/mol. The third kappa shape index (κ3) is 34.4. The number of aliphatic hydroxyl groups excluding tert-OH is 3. The first-order valence-corrected chi connectivity index (χ1v) is 26.1. The van der Waals surface area contributed by atoms with Gasteiger partial charge in [0.15, 0.2) is 12.4 Å². The first-order valence-electron chi connectivity index (χ1n) is 24.5. The van der Waals surface area contributed by atoms with Gasteiger partial charge in [-0.3, -0.25) is 14.1 Å². The lowest BCUT2D eigenvalue weighted by Crippen LogP contribution is -2.60. The summed E-state index contributed by atoms with van der Waals surface area (Å²) in [7, 11) is -4.62. The van der Waals surface area contributed by atoms with Gasteiger partial charge in [-0.1, -0.05) is 189 Å². The molecule has 64 heavy (non-hydrogen) atoms. The minimum absolute atomic E-state index is 0.0375. The van der Waals surface area contributed by atoms with Crippen molar-refractivity contribution in [1.29, 1.82) is 0 Å². The summed E-state index contributed by atoms with van der Waals surface area (Å²) in [6, 6.07) is 0. The highest BCUT2D eigenvalue weighted by atomic mass is 32.2. The molecule has 0 radical (unpaired) electrons. The van der Waals surface area contributed by atoms with Gasteiger partial charge in [-0.05, 0) is 51.4 Å². The summed E-state index contributed by atoms with van der Waals surface area (Å²) in [6.07, 6.45) is 42.4. The van der Waals surface area contributed by atoms with E-state index in [4.69, 9.17) is 18.9 Å². The number of hydrogen-bond acceptors (Lipinski definition) is 11. The molecule has 0 bridgehead atoms. The number of esters is 2. The molecule has 1 saturated heterocycles. The van der Waals surface area contributed by atoms with E-state index >= 15 is 0 Å². The van der Waals surface area contributed by atoms with E-state index in [2.05, 4.69) is 68.5 Å². The number of unbranched alkanes of at least 4 members (excludes halogenated alkanes) is 16. The molecule has 12 nitrogen and oxygen atoms in total. The van der Waals surface area contributed by atoms with Gasteiger partial charge in [0.2, 0.25) is 0 Å². The van der Waals surface area contributed by atoms with Crippen LogP contribution < -0.4 is 0 Å². The fourth-order valence-corrected chi connectivity index (χ4v) is 7.75. The Balaban J connectivity index is 2.46. The quantitative estimate of drug-likeness (QED) is 0.0198. The molecule has 1 aliphatic heterocycles. The van der Waals surface area contributed by atoms with Crippen molar-refractivity contribution < 1.29 is 56.8 Å². The normalized spacial score (nSPS) is 20.2. The minimum atomic E-state index is -4.62. The molecule has 1 aliphatic rings. The first kappa shape index (κ1) is 59.1. The van der Waals surface area contributed by atoms with E-state index in [0.29, 0.717) is 19.3 Å². The van der Waals surface area contributed by atoms with Gasteiger partial charge in [0, 0.05) is 12.8 Å². The lowest BCUT2D eigenvalue weighted by molar-refractivity contribution is -0.297. The second kappa shape index (κ2) is 40.4. The lowest BCUT2D eigenvalue weighted by Gasteiger charge is -2.40. The molecule has 0 spiro atoms. The van der Waals surface area contributed by atoms with Crippen LogP contribution in [0, 0.1) is 0 Å². The van der Waals surface area contributed by atoms with E-state index in [1.54, 1.807) is 0 Å². The van der Waals surface area contributed by atoms with Gasteiger partial charge in [0.1, 0.15) is 36.8 Å². The Morgan fingerprint density at radius 1 is 0.547 bits per heavy atom. The minimum Gasteiger partial charge on any atom is -0.462 e. The summed E-state index contributed by atoms with van der Waals surface area (Å²) in [5.74, 6) is -2.09. The summed E-state index contributed by atoms with van der Waals surface area (Å²) in [6.45, 7) is 3.60. The highest BCUT2D eigenvalue weighted by Crippen LogP contribution is 2.24. The van der Waals surface area contributed by atoms with Crippen molar-refractivity contribution in [2.75, 3.05) is 19.0 Å². The zero-order chi connectivity index (χ0) is 46.9. The molecule has 1 heterocycles. The maximum Gasteiger partial charge on any atom is 0.306 e. The summed E-state index contributed by atoms with van der Waals surface area (Å²) in [5, 5.41) is 30.9. The Morgan fingerprint density at radius 2 is 0.984 bits per heavy atom. The van der Waals surface area contributed by atoms with Crippen molar-refractivity contribution in [3.8, 4) is 0 Å². The highest BCUT2D eigenvalue weighted by Gasteiger charge is 2.46. The molecule has 0 aliphatic carbocycles. The Morgan fingerprint density at radius 3 is 1.44 bits per heavy atom. The number of carbonyl (C=O) groups is 2. The van der Waals surface area contributed by atoms with E-state index in [1.807, 2.05) is 18.2 Å². The summed E-state index contributed by atoms with van der Waals surface area (Å²) in [4.78, 5) is 25.4. The fourth-order valence-electron chi connectivity index (χ4n) is 7.06. The van der Waals surface area contributed by atoms with Gasteiger partial charge in [-0.2, -0.15) is 8.42 Å². The third-order valence-electron chi connectivity index (χ3n) is 10.8. The highest BCUT2D eigenvalue weighted by molar-refractivity contribution is 7.85. The van der Waals surface area contributed by atoms with Crippen LogP contribution >= 0.6 is 0 Å². The summed E-state index contributed by atoms with van der Waals surface area (Å²) >= 11 is 0. The molecule has 0 amide bonds. The van der Waals surface area contributed by atoms with Crippen molar-refractivity contribution in [3.05, 3.63) is 72.9 Å². The first-order chi connectivity index (χ1) is 31.0. The van der Waals surface area contributed by atoms with Crippen LogP contribution in [0.25, 0.3) is 0 Å². The van der Waals surface area contributed by atoms with Gasteiger partial charge in [-0.15, -0.1) is 0 Å². The average Bonchev–Trinajstić information content (AvgIpc) is 3.26. The van der Waals surface area contributed by atoms with Crippen LogP contribution in [0.2, 0.25) is 0 Å². The molecule has 0 saturated carbocycles. The molecule has 13 heteroatoms.